The Labute approximate surface area is 230 Å². The molecule has 0 amide bonds. The number of anilines is 1. The lowest BCUT2D eigenvalue weighted by molar-refractivity contribution is -0.141. The number of benzene rings is 3. The summed E-state index contributed by atoms with van der Waals surface area (Å²) in [5.41, 5.74) is 3.74. The van der Waals surface area contributed by atoms with Gasteiger partial charge in [-0.05, 0) is 72.1 Å². The maximum atomic E-state index is 13.3. The predicted molar refractivity (Wildman–Crippen MR) is 142 cm³/mol. The first-order valence-electron chi connectivity index (χ1n) is 13.0. The molecule has 10 nitrogen and oxygen atoms in total. The first-order valence-corrected chi connectivity index (χ1v) is 13.0. The molecule has 4 unspecified atom stereocenters. The number of cyclic esters (lactones) is 1. The van der Waals surface area contributed by atoms with Gasteiger partial charge in [0.1, 0.15) is 0 Å². The average Bonchev–Trinajstić information content (AvgIpc) is 3.59. The number of aromatic hydroxyl groups is 1. The minimum absolute atomic E-state index is 0.103. The fraction of sp³-hybridized carbons (Fsp3) is 0.333. The number of ether oxygens (including phenoxy) is 6. The molecule has 10 heteroatoms. The van der Waals surface area contributed by atoms with Crippen molar-refractivity contribution < 1.29 is 43.1 Å². The molecule has 2 aliphatic heterocycles. The van der Waals surface area contributed by atoms with Gasteiger partial charge < -0.3 is 38.8 Å². The van der Waals surface area contributed by atoms with Gasteiger partial charge in [-0.25, -0.2) is 4.79 Å². The molecular weight excluding hydrogens is 518 g/mol. The topological polar surface area (TPSA) is 122 Å². The molecule has 3 aliphatic rings. The lowest BCUT2D eigenvalue weighted by Gasteiger charge is -2.40. The Morgan fingerprint density at radius 2 is 1.62 bits per heavy atom. The van der Waals surface area contributed by atoms with E-state index in [0.717, 1.165) is 22.4 Å². The molecule has 2 heterocycles. The van der Waals surface area contributed by atoms with E-state index in [1.807, 2.05) is 24.3 Å². The third-order valence-corrected chi connectivity index (χ3v) is 7.77. The third-order valence-electron chi connectivity index (χ3n) is 7.77. The number of hydrogen-bond donors (Lipinski definition) is 2. The molecule has 0 aromatic heterocycles. The van der Waals surface area contributed by atoms with Crippen LogP contribution in [0.2, 0.25) is 0 Å². The molecule has 4 atom stereocenters. The number of hydrogen-bond acceptors (Lipinski definition) is 10. The standard InChI is InChI=1S/C30H29NO9/c1-4-37-29(33)15-5-7-17(8-6-15)31-27-19-12-22-21(39-14-40-22)11-18(19)25(26-20(27)13-38-30(26)34)16-9-23(35-2)28(32)24(10-16)36-3/h5-12,20,25-27,31-32H,4,13-14H2,1-3H3. The summed E-state index contributed by atoms with van der Waals surface area (Å²) in [5, 5.41) is 14.1. The Morgan fingerprint density at radius 3 is 2.25 bits per heavy atom. The van der Waals surface area contributed by atoms with Crippen molar-refractivity contribution >= 4 is 17.6 Å². The van der Waals surface area contributed by atoms with E-state index in [1.165, 1.54) is 14.2 Å². The Balaban J connectivity index is 1.47. The number of esters is 2. The largest absolute Gasteiger partial charge is 0.502 e. The number of phenols is 1. The smallest absolute Gasteiger partial charge is 0.338 e. The van der Waals surface area contributed by atoms with Gasteiger partial charge in [0.05, 0.1) is 45.0 Å². The fourth-order valence-corrected chi connectivity index (χ4v) is 5.94. The summed E-state index contributed by atoms with van der Waals surface area (Å²) in [7, 11) is 2.93. The first kappa shape index (κ1) is 25.7. The molecule has 3 aromatic rings. The van der Waals surface area contributed by atoms with Gasteiger partial charge >= 0.3 is 11.9 Å². The number of methoxy groups -OCH3 is 2. The maximum Gasteiger partial charge on any atom is 0.338 e. The van der Waals surface area contributed by atoms with E-state index in [4.69, 9.17) is 28.4 Å². The van der Waals surface area contributed by atoms with Crippen molar-refractivity contribution in [3.8, 4) is 28.7 Å². The van der Waals surface area contributed by atoms with Gasteiger partial charge in [-0.2, -0.15) is 0 Å². The second-order valence-electron chi connectivity index (χ2n) is 9.83. The van der Waals surface area contributed by atoms with E-state index in [9.17, 15) is 14.7 Å². The first-order chi connectivity index (χ1) is 19.4. The van der Waals surface area contributed by atoms with Gasteiger partial charge in [-0.1, -0.05) is 0 Å². The fourth-order valence-electron chi connectivity index (χ4n) is 5.94. The molecule has 0 spiro atoms. The molecule has 0 bridgehead atoms. The Bertz CT molecular complexity index is 1440. The zero-order chi connectivity index (χ0) is 28.0. The monoisotopic (exact) mass is 547 g/mol. The van der Waals surface area contributed by atoms with E-state index in [0.29, 0.717) is 23.7 Å². The summed E-state index contributed by atoms with van der Waals surface area (Å²) < 4.78 is 33.0. The van der Waals surface area contributed by atoms with Gasteiger partial charge in [-0.15, -0.1) is 0 Å². The highest BCUT2D eigenvalue weighted by Gasteiger charge is 2.52. The van der Waals surface area contributed by atoms with Crippen LogP contribution in [0.5, 0.6) is 28.7 Å². The van der Waals surface area contributed by atoms with E-state index in [1.54, 1.807) is 31.2 Å². The number of fused-ring (bicyclic) bond motifs is 3. The number of nitrogens with one attached hydrogen (secondary N) is 1. The van der Waals surface area contributed by atoms with Crippen LogP contribution in [-0.4, -0.2) is 51.3 Å². The maximum absolute atomic E-state index is 13.3. The highest BCUT2D eigenvalue weighted by Crippen LogP contribution is 2.56. The van der Waals surface area contributed by atoms with Crippen molar-refractivity contribution in [2.24, 2.45) is 11.8 Å². The van der Waals surface area contributed by atoms with Crippen LogP contribution in [0, 0.1) is 11.8 Å². The van der Waals surface area contributed by atoms with Crippen molar-refractivity contribution in [1.29, 1.82) is 0 Å². The third kappa shape index (κ3) is 4.20. The number of phenolic OH excluding ortho intramolecular Hbond substituents is 1. The molecule has 2 N–H and O–H groups in total. The zero-order valence-corrected chi connectivity index (χ0v) is 22.3. The molecule has 0 radical (unpaired) electrons. The van der Waals surface area contributed by atoms with E-state index in [2.05, 4.69) is 5.32 Å². The molecule has 40 heavy (non-hydrogen) atoms. The number of rotatable bonds is 7. The summed E-state index contributed by atoms with van der Waals surface area (Å²) >= 11 is 0. The van der Waals surface area contributed by atoms with Gasteiger partial charge in [0.2, 0.25) is 12.5 Å². The summed E-state index contributed by atoms with van der Waals surface area (Å²) in [6.45, 7) is 2.38. The molecule has 0 saturated carbocycles. The average molecular weight is 548 g/mol. The highest BCUT2D eigenvalue weighted by atomic mass is 16.7. The molecule has 1 aliphatic carbocycles. The van der Waals surface area contributed by atoms with Gasteiger partial charge in [0.25, 0.3) is 0 Å². The van der Waals surface area contributed by atoms with Gasteiger partial charge in [-0.3, -0.25) is 4.79 Å². The minimum atomic E-state index is -0.539. The number of carbonyl (C=O) groups is 2. The molecule has 3 aromatic carbocycles. The van der Waals surface area contributed by atoms with Crippen LogP contribution in [0.4, 0.5) is 5.69 Å². The molecule has 1 fully saturated rings. The van der Waals surface area contributed by atoms with Crippen LogP contribution < -0.4 is 24.3 Å². The molecular formula is C30H29NO9. The van der Waals surface area contributed by atoms with Crippen LogP contribution in [0.25, 0.3) is 0 Å². The van der Waals surface area contributed by atoms with Gasteiger partial charge in [0, 0.05) is 17.5 Å². The summed E-state index contributed by atoms with van der Waals surface area (Å²) in [4.78, 5) is 25.5. The summed E-state index contributed by atoms with van der Waals surface area (Å²) in [6.07, 6.45) is 0. The van der Waals surface area contributed by atoms with Crippen molar-refractivity contribution in [3.05, 3.63) is 70.8 Å². The van der Waals surface area contributed by atoms with Crippen molar-refractivity contribution in [3.63, 3.8) is 0 Å². The second-order valence-corrected chi connectivity index (χ2v) is 9.83. The lowest BCUT2D eigenvalue weighted by Crippen LogP contribution is -2.37. The van der Waals surface area contributed by atoms with Crippen LogP contribution >= 0.6 is 0 Å². The normalized spacial score (nSPS) is 22.1. The van der Waals surface area contributed by atoms with Crippen LogP contribution in [0.15, 0.2) is 48.5 Å². The summed E-state index contributed by atoms with van der Waals surface area (Å²) in [6, 6.07) is 14.0. The quantitative estimate of drug-likeness (QED) is 0.412. The van der Waals surface area contributed by atoms with Crippen LogP contribution in [0.3, 0.4) is 0 Å². The van der Waals surface area contributed by atoms with Crippen molar-refractivity contribution in [1.82, 2.24) is 0 Å². The van der Waals surface area contributed by atoms with E-state index < -0.39 is 11.8 Å². The second kappa shape index (κ2) is 10.2. The zero-order valence-electron chi connectivity index (χ0n) is 22.3. The van der Waals surface area contributed by atoms with Crippen LogP contribution in [0.1, 0.15) is 45.9 Å². The minimum Gasteiger partial charge on any atom is -0.502 e. The molecule has 6 rings (SSSR count). The van der Waals surface area contributed by atoms with E-state index in [-0.39, 0.29) is 54.5 Å². The summed E-state index contributed by atoms with van der Waals surface area (Å²) in [5.74, 6) is -0.345. The lowest BCUT2D eigenvalue weighted by atomic mass is 9.65. The molecule has 208 valence electrons. The highest BCUT2D eigenvalue weighted by molar-refractivity contribution is 5.89. The van der Waals surface area contributed by atoms with Gasteiger partial charge in [0.15, 0.2) is 23.0 Å². The predicted octanol–water partition coefficient (Wildman–Crippen LogP) is 4.40. The SMILES string of the molecule is CCOC(=O)c1ccc(NC2c3cc4c(cc3C(c3cc(OC)c(O)c(OC)c3)C3C(=O)OCC23)OCO4)cc1. The van der Waals surface area contributed by atoms with Crippen molar-refractivity contribution in [2.45, 2.75) is 18.9 Å². The number of carbonyl (C=O) groups excluding carboxylic acids is 2. The van der Waals surface area contributed by atoms with Crippen molar-refractivity contribution in [2.75, 3.05) is 39.5 Å². The molecule has 1 saturated heterocycles. The van der Waals surface area contributed by atoms with E-state index >= 15 is 0 Å². The van der Waals surface area contributed by atoms with Crippen LogP contribution in [-0.2, 0) is 14.3 Å². The Hall–Kier alpha value is -4.60. The Kier molecular flexibility index (Phi) is 6.53. The Morgan fingerprint density at radius 1 is 0.975 bits per heavy atom.